The Morgan fingerprint density at radius 2 is 1.82 bits per heavy atom. The first-order valence-electron chi connectivity index (χ1n) is 9.67. The predicted octanol–water partition coefficient (Wildman–Crippen LogP) is 3.96. The summed E-state index contributed by atoms with van der Waals surface area (Å²) in [4.78, 5) is 26.3. The number of thiocarbonyl (C=S) groups is 1. The van der Waals surface area contributed by atoms with Gasteiger partial charge in [0.15, 0.2) is 5.11 Å². The average molecular weight is 509 g/mol. The van der Waals surface area contributed by atoms with Crippen molar-refractivity contribution in [3.63, 3.8) is 0 Å². The minimum atomic E-state index is -0.268. The zero-order valence-corrected chi connectivity index (χ0v) is 19.1. The van der Waals surface area contributed by atoms with Gasteiger partial charge in [0.25, 0.3) is 11.8 Å². The van der Waals surface area contributed by atoms with Crippen LogP contribution in [0.15, 0.2) is 35.9 Å². The van der Waals surface area contributed by atoms with E-state index in [2.05, 4.69) is 60.2 Å². The van der Waals surface area contributed by atoms with Crippen LogP contribution in [0, 0.1) is 39.1 Å². The number of hydrogen-bond acceptors (Lipinski definition) is 3. The number of nitrogens with zero attached hydrogens (tertiary/aromatic N) is 1. The lowest BCUT2D eigenvalue weighted by Crippen LogP contribution is -2.48. The lowest BCUT2D eigenvalue weighted by molar-refractivity contribution is -0.142. The smallest absolute Gasteiger partial charge is 0.252 e. The van der Waals surface area contributed by atoms with Crippen molar-refractivity contribution in [3.05, 3.63) is 39.5 Å². The zero-order valence-electron chi connectivity index (χ0n) is 16.1. The zero-order chi connectivity index (χ0) is 20.2. The van der Waals surface area contributed by atoms with Crippen molar-refractivity contribution in [1.82, 2.24) is 10.4 Å². The molecule has 1 aliphatic heterocycles. The van der Waals surface area contributed by atoms with E-state index >= 15 is 0 Å². The highest BCUT2D eigenvalue weighted by atomic mass is 127. The fourth-order valence-electron chi connectivity index (χ4n) is 5.15. The second-order valence-corrected chi connectivity index (χ2v) is 10.0. The van der Waals surface area contributed by atoms with Gasteiger partial charge in [-0.15, -0.1) is 0 Å². The van der Waals surface area contributed by atoms with E-state index < -0.39 is 0 Å². The summed E-state index contributed by atoms with van der Waals surface area (Å²) in [7, 11) is 0. The monoisotopic (exact) mass is 509 g/mol. The molecule has 1 heterocycles. The van der Waals surface area contributed by atoms with E-state index in [1.165, 1.54) is 5.57 Å². The fourth-order valence-corrected chi connectivity index (χ4v) is 5.72. The topological polar surface area (TPSA) is 61.4 Å². The lowest BCUT2D eigenvalue weighted by atomic mass is 9.54. The number of hydrogen-bond donors (Lipinski definition) is 2. The van der Waals surface area contributed by atoms with Crippen LogP contribution in [0.2, 0.25) is 0 Å². The number of nitrogens with one attached hydrogen (secondary N) is 2. The summed E-state index contributed by atoms with van der Waals surface area (Å²) < 4.78 is 1.12. The first-order valence-corrected chi connectivity index (χ1v) is 11.2. The first-order chi connectivity index (χ1) is 13.3. The van der Waals surface area contributed by atoms with E-state index in [1.54, 1.807) is 0 Å². The van der Waals surface area contributed by atoms with Gasteiger partial charge in [-0.05, 0) is 96.1 Å². The van der Waals surface area contributed by atoms with Crippen molar-refractivity contribution in [2.45, 2.75) is 27.2 Å². The largest absolute Gasteiger partial charge is 0.331 e. The molecule has 2 amide bonds. The Labute approximate surface area is 184 Å². The van der Waals surface area contributed by atoms with Gasteiger partial charge in [0.1, 0.15) is 0 Å². The highest BCUT2D eigenvalue weighted by Crippen LogP contribution is 2.56. The number of fused-ring (bicyclic) bond motifs is 1. The van der Waals surface area contributed by atoms with E-state index in [0.717, 1.165) is 20.7 Å². The third kappa shape index (κ3) is 3.26. The molecule has 0 spiro atoms. The molecule has 4 aliphatic rings. The number of hydrazine groups is 1. The van der Waals surface area contributed by atoms with Gasteiger partial charge >= 0.3 is 0 Å². The van der Waals surface area contributed by atoms with Gasteiger partial charge in [-0.3, -0.25) is 15.0 Å². The van der Waals surface area contributed by atoms with Gasteiger partial charge in [0.05, 0.1) is 11.8 Å². The van der Waals surface area contributed by atoms with Crippen molar-refractivity contribution in [3.8, 4) is 0 Å². The summed E-state index contributed by atoms with van der Waals surface area (Å²) in [6.45, 7) is 6.52. The minimum absolute atomic E-state index is 0.135. The summed E-state index contributed by atoms with van der Waals surface area (Å²) in [5.74, 6) is 0.411. The molecular weight excluding hydrogens is 485 g/mol. The molecule has 5 atom stereocenters. The number of carbonyl (C=O) groups is 2. The Morgan fingerprint density at radius 3 is 2.46 bits per heavy atom. The molecule has 0 radical (unpaired) electrons. The third-order valence-electron chi connectivity index (χ3n) is 6.48. The Kier molecular flexibility index (Phi) is 5.24. The Balaban J connectivity index is 1.52. The standard InChI is InChI=1S/C21H24IN3O2S/c1-10(2)14-9-15-11(3)8-16(14)18-17(15)19(26)25(20(18)27)24-21(28)23-13-6-4-12(22)5-7-13/h4-8,10,14-18H,9H2,1-3H3,(H2,23,24,28)/t14-,15+,16+,17?,18?/m1/s1. The fraction of sp³-hybridized carbons (Fsp3) is 0.476. The Hall–Kier alpha value is -1.48. The predicted molar refractivity (Wildman–Crippen MR) is 121 cm³/mol. The molecular formula is C21H24IN3O2S. The van der Waals surface area contributed by atoms with Crippen LogP contribution in [-0.2, 0) is 9.59 Å². The van der Waals surface area contributed by atoms with Gasteiger partial charge in [0.2, 0.25) is 0 Å². The second kappa shape index (κ2) is 7.40. The molecule has 28 heavy (non-hydrogen) atoms. The molecule has 2 unspecified atom stereocenters. The van der Waals surface area contributed by atoms with Crippen LogP contribution < -0.4 is 10.7 Å². The molecule has 2 fully saturated rings. The third-order valence-corrected chi connectivity index (χ3v) is 7.39. The van der Waals surface area contributed by atoms with E-state index in [0.29, 0.717) is 11.8 Å². The highest BCUT2D eigenvalue weighted by molar-refractivity contribution is 14.1. The number of rotatable bonds is 3. The van der Waals surface area contributed by atoms with Gasteiger partial charge < -0.3 is 5.32 Å². The summed E-state index contributed by atoms with van der Waals surface area (Å²) in [5.41, 5.74) is 4.92. The van der Waals surface area contributed by atoms with Crippen molar-refractivity contribution in [1.29, 1.82) is 0 Å². The summed E-state index contributed by atoms with van der Waals surface area (Å²) in [5, 5.41) is 4.46. The van der Waals surface area contributed by atoms with Crippen molar-refractivity contribution in [2.75, 3.05) is 5.32 Å². The summed E-state index contributed by atoms with van der Waals surface area (Å²) in [6.07, 6.45) is 3.24. The van der Waals surface area contributed by atoms with Crippen LogP contribution in [0.1, 0.15) is 27.2 Å². The van der Waals surface area contributed by atoms with Crippen LogP contribution >= 0.6 is 34.8 Å². The molecule has 2 N–H and O–H groups in total. The molecule has 5 rings (SSSR count). The van der Waals surface area contributed by atoms with Gasteiger partial charge in [0, 0.05) is 9.26 Å². The molecule has 7 heteroatoms. The SMILES string of the molecule is CC1=C[C@@H]2C3C(=O)N(NC(=S)Nc4ccc(I)cc4)C(=O)C3[C@H]1C[C@@H]2C(C)C. The van der Waals surface area contributed by atoms with Crippen LogP contribution in [0.4, 0.5) is 5.69 Å². The summed E-state index contributed by atoms with van der Waals surface area (Å²) >= 11 is 7.59. The van der Waals surface area contributed by atoms with E-state index in [4.69, 9.17) is 12.2 Å². The van der Waals surface area contributed by atoms with E-state index in [1.807, 2.05) is 24.3 Å². The lowest BCUT2D eigenvalue weighted by Gasteiger charge is -2.48. The van der Waals surface area contributed by atoms with Crippen LogP contribution in [0.25, 0.3) is 0 Å². The maximum absolute atomic E-state index is 13.2. The molecule has 148 valence electrons. The highest BCUT2D eigenvalue weighted by Gasteiger charge is 2.61. The molecule has 1 saturated carbocycles. The quantitative estimate of drug-likeness (QED) is 0.280. The maximum atomic E-state index is 13.2. The number of anilines is 1. The number of carbonyl (C=O) groups excluding carboxylic acids is 2. The molecule has 3 aliphatic carbocycles. The van der Waals surface area contributed by atoms with Crippen molar-refractivity contribution >= 4 is 57.4 Å². The molecule has 1 saturated heterocycles. The van der Waals surface area contributed by atoms with Crippen LogP contribution in [0.3, 0.4) is 0 Å². The van der Waals surface area contributed by atoms with Gasteiger partial charge in [-0.25, -0.2) is 0 Å². The van der Waals surface area contributed by atoms with Gasteiger partial charge in [-0.1, -0.05) is 25.5 Å². The first kappa shape index (κ1) is 19.8. The second-order valence-electron chi connectivity index (χ2n) is 8.37. The number of allylic oxidation sites excluding steroid dienone is 2. The summed E-state index contributed by atoms with van der Waals surface area (Å²) in [6, 6.07) is 7.74. The normalized spacial score (nSPS) is 31.1. The molecule has 2 bridgehead atoms. The molecule has 1 aromatic rings. The van der Waals surface area contributed by atoms with Gasteiger partial charge in [-0.2, -0.15) is 5.01 Å². The number of amides is 2. The van der Waals surface area contributed by atoms with E-state index in [-0.39, 0.29) is 40.6 Å². The van der Waals surface area contributed by atoms with E-state index in [9.17, 15) is 9.59 Å². The van der Waals surface area contributed by atoms with Crippen LogP contribution in [-0.4, -0.2) is 21.9 Å². The molecule has 1 aromatic carbocycles. The number of halogens is 1. The molecule has 5 nitrogen and oxygen atoms in total. The Bertz CT molecular complexity index is 867. The Morgan fingerprint density at radius 1 is 1.18 bits per heavy atom. The number of benzene rings is 1. The van der Waals surface area contributed by atoms with Crippen LogP contribution in [0.5, 0.6) is 0 Å². The van der Waals surface area contributed by atoms with Crippen molar-refractivity contribution in [2.24, 2.45) is 35.5 Å². The maximum Gasteiger partial charge on any atom is 0.252 e. The average Bonchev–Trinajstić information content (AvgIpc) is 2.90. The molecule has 0 aromatic heterocycles. The number of imide groups is 1. The minimum Gasteiger partial charge on any atom is -0.331 e. The van der Waals surface area contributed by atoms with Crippen molar-refractivity contribution < 1.29 is 9.59 Å².